The lowest BCUT2D eigenvalue weighted by Gasteiger charge is -2.00. The summed E-state index contributed by atoms with van der Waals surface area (Å²) >= 11 is 1.01. The minimum Gasteiger partial charge on any atom is -0.395 e. The van der Waals surface area contributed by atoms with E-state index in [0.717, 1.165) is 17.1 Å². The van der Waals surface area contributed by atoms with E-state index >= 15 is 0 Å². The predicted molar refractivity (Wildman–Crippen MR) is 70.7 cm³/mol. The van der Waals surface area contributed by atoms with Crippen LogP contribution in [-0.2, 0) is 0 Å². The summed E-state index contributed by atoms with van der Waals surface area (Å²) in [4.78, 5) is 11.9. The van der Waals surface area contributed by atoms with Crippen molar-refractivity contribution in [3.63, 3.8) is 0 Å². The number of rotatable bonds is 3. The third kappa shape index (κ3) is 3.84. The topological polar surface area (TPSA) is 88.0 Å². The quantitative estimate of drug-likeness (QED) is 0.813. The summed E-state index contributed by atoms with van der Waals surface area (Å²) in [5, 5.41) is 18.6. The molecule has 0 saturated carbocycles. The molecule has 2 rings (SSSR count). The van der Waals surface area contributed by atoms with Gasteiger partial charge in [-0.05, 0) is 23.4 Å². The molecule has 1 heterocycles. The van der Waals surface area contributed by atoms with E-state index in [-0.39, 0.29) is 12.5 Å². The molecule has 6 nitrogen and oxygen atoms in total. The Balaban J connectivity index is 2.10. The van der Waals surface area contributed by atoms with Crippen molar-refractivity contribution in [1.82, 2.24) is 14.8 Å². The average molecular weight is 274 g/mol. The van der Waals surface area contributed by atoms with Gasteiger partial charge in [-0.2, -0.15) is 0 Å². The molecule has 0 aliphatic carbocycles. The van der Waals surface area contributed by atoms with Crippen molar-refractivity contribution in [2.75, 3.05) is 11.9 Å². The first-order valence-electron chi connectivity index (χ1n) is 5.46. The standard InChI is InChI=1S/C12H10N4O2S/c17-7-2-1-4-9-5-3-6-10(8-9)11(18)13-12-14-15-16-19-12/h3,5-6,8,17H,2,7H2,(H,13,14,16,18). The Kier molecular flexibility index (Phi) is 4.55. The number of aromatic nitrogens is 3. The van der Waals surface area contributed by atoms with Crippen molar-refractivity contribution in [2.24, 2.45) is 0 Å². The van der Waals surface area contributed by atoms with Crippen LogP contribution in [0.3, 0.4) is 0 Å². The summed E-state index contributed by atoms with van der Waals surface area (Å²) < 4.78 is 3.56. The average Bonchev–Trinajstić information content (AvgIpc) is 2.92. The summed E-state index contributed by atoms with van der Waals surface area (Å²) in [6.45, 7) is 0.0250. The van der Waals surface area contributed by atoms with Crippen molar-refractivity contribution >= 4 is 22.6 Å². The van der Waals surface area contributed by atoms with Gasteiger partial charge in [0.2, 0.25) is 5.13 Å². The molecule has 0 aliphatic rings. The van der Waals surface area contributed by atoms with Crippen molar-refractivity contribution in [3.05, 3.63) is 35.4 Å². The van der Waals surface area contributed by atoms with Gasteiger partial charge < -0.3 is 5.11 Å². The second-order valence-electron chi connectivity index (χ2n) is 3.48. The summed E-state index contributed by atoms with van der Waals surface area (Å²) in [7, 11) is 0. The number of hydrogen-bond donors (Lipinski definition) is 2. The maximum absolute atomic E-state index is 11.9. The van der Waals surface area contributed by atoms with Crippen molar-refractivity contribution in [1.29, 1.82) is 0 Å². The molecule has 2 aromatic rings. The van der Waals surface area contributed by atoms with Crippen molar-refractivity contribution in [2.45, 2.75) is 6.42 Å². The molecule has 1 aromatic heterocycles. The second kappa shape index (κ2) is 6.58. The van der Waals surface area contributed by atoms with Gasteiger partial charge in [0.1, 0.15) is 0 Å². The number of aliphatic hydroxyl groups excluding tert-OH is 1. The molecule has 0 atom stereocenters. The molecule has 7 heteroatoms. The molecule has 0 spiro atoms. The fraction of sp³-hybridized carbons (Fsp3) is 0.167. The molecule has 1 aromatic carbocycles. The summed E-state index contributed by atoms with van der Waals surface area (Å²) in [5.74, 6) is 5.39. The molecule has 1 amide bonds. The van der Waals surface area contributed by atoms with E-state index < -0.39 is 0 Å². The molecule has 19 heavy (non-hydrogen) atoms. The molecule has 0 bridgehead atoms. The van der Waals surface area contributed by atoms with Crippen LogP contribution in [-0.4, -0.2) is 32.4 Å². The van der Waals surface area contributed by atoms with E-state index in [1.165, 1.54) is 0 Å². The van der Waals surface area contributed by atoms with E-state index in [9.17, 15) is 4.79 Å². The molecule has 0 fully saturated rings. The Labute approximate surface area is 113 Å². The summed E-state index contributed by atoms with van der Waals surface area (Å²) in [6.07, 6.45) is 0.410. The van der Waals surface area contributed by atoms with Crippen LogP contribution >= 0.6 is 11.5 Å². The minimum absolute atomic E-state index is 0.0250. The van der Waals surface area contributed by atoms with Crippen LogP contribution in [0.4, 0.5) is 5.13 Å². The Hall–Kier alpha value is -2.30. The van der Waals surface area contributed by atoms with Crippen molar-refractivity contribution in [3.8, 4) is 11.8 Å². The number of carbonyl (C=O) groups is 1. The Morgan fingerprint density at radius 1 is 1.47 bits per heavy atom. The lowest BCUT2D eigenvalue weighted by Crippen LogP contribution is -2.11. The van der Waals surface area contributed by atoms with E-state index in [0.29, 0.717) is 17.1 Å². The van der Waals surface area contributed by atoms with E-state index in [1.54, 1.807) is 24.3 Å². The Morgan fingerprint density at radius 2 is 2.37 bits per heavy atom. The summed E-state index contributed by atoms with van der Waals surface area (Å²) in [5.41, 5.74) is 1.20. The van der Waals surface area contributed by atoms with E-state index in [1.807, 2.05) is 0 Å². The van der Waals surface area contributed by atoms with Gasteiger partial charge in [0.05, 0.1) is 6.61 Å². The van der Waals surface area contributed by atoms with Gasteiger partial charge in [-0.3, -0.25) is 10.1 Å². The van der Waals surface area contributed by atoms with Crippen LogP contribution in [0.2, 0.25) is 0 Å². The zero-order valence-electron chi connectivity index (χ0n) is 9.83. The van der Waals surface area contributed by atoms with Gasteiger partial charge in [0.15, 0.2) is 0 Å². The van der Waals surface area contributed by atoms with Gasteiger partial charge in [-0.1, -0.05) is 27.5 Å². The number of nitrogens with one attached hydrogen (secondary N) is 1. The molecular weight excluding hydrogens is 264 g/mol. The third-order valence-electron chi connectivity index (χ3n) is 2.11. The highest BCUT2D eigenvalue weighted by atomic mass is 32.1. The molecule has 0 radical (unpaired) electrons. The Morgan fingerprint density at radius 3 is 3.11 bits per heavy atom. The molecular formula is C12H10N4O2S. The van der Waals surface area contributed by atoms with E-state index in [4.69, 9.17) is 5.11 Å². The van der Waals surface area contributed by atoms with Crippen LogP contribution < -0.4 is 5.32 Å². The number of aliphatic hydroxyl groups is 1. The Bertz CT molecular complexity index is 616. The van der Waals surface area contributed by atoms with Gasteiger partial charge >= 0.3 is 0 Å². The first kappa shape index (κ1) is 13.1. The number of hydrogen-bond acceptors (Lipinski definition) is 6. The van der Waals surface area contributed by atoms with Gasteiger partial charge in [0, 0.05) is 29.1 Å². The zero-order valence-corrected chi connectivity index (χ0v) is 10.6. The zero-order chi connectivity index (χ0) is 13.5. The first-order valence-corrected chi connectivity index (χ1v) is 6.23. The lowest BCUT2D eigenvalue weighted by atomic mass is 10.1. The fourth-order valence-electron chi connectivity index (χ4n) is 1.31. The van der Waals surface area contributed by atoms with Gasteiger partial charge in [-0.15, -0.1) is 0 Å². The molecule has 2 N–H and O–H groups in total. The lowest BCUT2D eigenvalue weighted by molar-refractivity contribution is 0.102. The monoisotopic (exact) mass is 274 g/mol. The highest BCUT2D eigenvalue weighted by molar-refractivity contribution is 7.09. The second-order valence-corrected chi connectivity index (χ2v) is 4.21. The van der Waals surface area contributed by atoms with Crippen LogP contribution in [0, 0.1) is 11.8 Å². The van der Waals surface area contributed by atoms with Crippen LogP contribution in [0.25, 0.3) is 0 Å². The normalized spacial score (nSPS) is 9.53. The van der Waals surface area contributed by atoms with Crippen molar-refractivity contribution < 1.29 is 9.90 Å². The van der Waals surface area contributed by atoms with Crippen LogP contribution in [0.15, 0.2) is 24.3 Å². The van der Waals surface area contributed by atoms with E-state index in [2.05, 4.69) is 32.0 Å². The highest BCUT2D eigenvalue weighted by Crippen LogP contribution is 2.10. The molecule has 0 saturated heterocycles. The smallest absolute Gasteiger partial charge is 0.257 e. The molecule has 96 valence electrons. The molecule has 0 unspecified atom stereocenters. The number of benzene rings is 1. The highest BCUT2D eigenvalue weighted by Gasteiger charge is 2.08. The van der Waals surface area contributed by atoms with Crippen LogP contribution in [0.1, 0.15) is 22.3 Å². The first-order chi connectivity index (χ1) is 9.29. The number of nitrogens with zero attached hydrogens (tertiary/aromatic N) is 3. The van der Waals surface area contributed by atoms with Gasteiger partial charge in [0.25, 0.3) is 5.91 Å². The maximum Gasteiger partial charge on any atom is 0.257 e. The minimum atomic E-state index is -0.288. The maximum atomic E-state index is 11.9. The molecule has 0 aliphatic heterocycles. The number of carbonyl (C=O) groups excluding carboxylic acids is 1. The third-order valence-corrected chi connectivity index (χ3v) is 2.63. The van der Waals surface area contributed by atoms with Gasteiger partial charge in [-0.25, -0.2) is 0 Å². The number of amides is 1. The predicted octanol–water partition coefficient (Wildman–Crippen LogP) is 0.919. The SMILES string of the molecule is O=C(Nc1nnns1)c1cccc(C#CCCO)c1. The number of anilines is 1. The summed E-state index contributed by atoms with van der Waals surface area (Å²) in [6, 6.07) is 6.90. The van der Waals surface area contributed by atoms with Crippen LogP contribution in [0.5, 0.6) is 0 Å². The fourth-order valence-corrected chi connectivity index (χ4v) is 1.67. The largest absolute Gasteiger partial charge is 0.395 e.